The lowest BCUT2D eigenvalue weighted by molar-refractivity contribution is -0.124. The molecule has 0 spiro atoms. The van der Waals surface area contributed by atoms with E-state index in [4.69, 9.17) is 15.2 Å². The molecule has 0 bridgehead atoms. The van der Waals surface area contributed by atoms with Gasteiger partial charge in [-0.25, -0.2) is 0 Å². The number of carbonyl (C=O) groups excluding carboxylic acids is 1. The van der Waals surface area contributed by atoms with Gasteiger partial charge in [0.2, 0.25) is 0 Å². The van der Waals surface area contributed by atoms with Crippen molar-refractivity contribution in [1.82, 2.24) is 5.32 Å². The molecule has 0 aliphatic heterocycles. The molecule has 1 saturated carbocycles. The molecule has 1 aliphatic rings. The maximum atomic E-state index is 11.1. The van der Waals surface area contributed by atoms with E-state index in [1.165, 1.54) is 12.8 Å². The van der Waals surface area contributed by atoms with Crippen molar-refractivity contribution in [2.75, 3.05) is 6.61 Å². The smallest absolute Gasteiger partial charge is 0.258 e. The van der Waals surface area contributed by atoms with E-state index in [0.29, 0.717) is 24.1 Å². The zero-order valence-corrected chi connectivity index (χ0v) is 12.0. The van der Waals surface area contributed by atoms with Crippen molar-refractivity contribution in [3.63, 3.8) is 0 Å². The lowest BCUT2D eigenvalue weighted by Gasteiger charge is -2.16. The van der Waals surface area contributed by atoms with Gasteiger partial charge < -0.3 is 20.5 Å². The summed E-state index contributed by atoms with van der Waals surface area (Å²) in [6.07, 6.45) is 1.84. The summed E-state index contributed by atoms with van der Waals surface area (Å²) in [6, 6.07) is 6.41. The Bertz CT molecular complexity index is 472. The monoisotopic (exact) mass is 278 g/mol. The average Bonchev–Trinajstić information content (AvgIpc) is 3.23. The van der Waals surface area contributed by atoms with E-state index in [0.717, 1.165) is 12.1 Å². The molecule has 20 heavy (non-hydrogen) atoms. The first-order chi connectivity index (χ1) is 9.60. The zero-order valence-electron chi connectivity index (χ0n) is 12.0. The van der Waals surface area contributed by atoms with Gasteiger partial charge in [0.25, 0.3) is 5.91 Å². The maximum absolute atomic E-state index is 11.1. The van der Waals surface area contributed by atoms with Crippen molar-refractivity contribution in [3.05, 3.63) is 23.8 Å². The number of hydrogen-bond donors (Lipinski definition) is 2. The van der Waals surface area contributed by atoms with Gasteiger partial charge in [0.1, 0.15) is 0 Å². The fourth-order valence-corrected chi connectivity index (χ4v) is 1.83. The van der Waals surface area contributed by atoms with Crippen molar-refractivity contribution in [1.29, 1.82) is 0 Å². The molecule has 0 aromatic heterocycles. The summed E-state index contributed by atoms with van der Waals surface area (Å²) < 4.78 is 11.1. The third-order valence-electron chi connectivity index (χ3n) is 3.18. The Morgan fingerprint density at radius 1 is 1.45 bits per heavy atom. The highest BCUT2D eigenvalue weighted by Crippen LogP contribution is 2.30. The first-order valence-corrected chi connectivity index (χ1v) is 7.05. The first kappa shape index (κ1) is 14.7. The molecule has 0 radical (unpaired) electrons. The number of nitrogens with two attached hydrogens (primary N) is 1. The van der Waals surface area contributed by atoms with E-state index in [1.807, 2.05) is 25.1 Å². The van der Waals surface area contributed by atoms with Gasteiger partial charge in [0.15, 0.2) is 17.6 Å². The molecule has 1 aliphatic carbocycles. The van der Waals surface area contributed by atoms with Gasteiger partial charge in [-0.05, 0) is 44.4 Å². The molecular formula is C15H22N2O3. The summed E-state index contributed by atoms with van der Waals surface area (Å²) in [6.45, 7) is 4.90. The number of nitrogens with one attached hydrogen (secondary N) is 1. The minimum absolute atomic E-state index is 0.494. The van der Waals surface area contributed by atoms with E-state index < -0.39 is 12.0 Å². The topological polar surface area (TPSA) is 73.6 Å². The summed E-state index contributed by atoms with van der Waals surface area (Å²) >= 11 is 0. The second kappa shape index (κ2) is 6.61. The summed E-state index contributed by atoms with van der Waals surface area (Å²) in [7, 11) is 0. The van der Waals surface area contributed by atoms with Crippen LogP contribution in [0.1, 0.15) is 32.3 Å². The van der Waals surface area contributed by atoms with Gasteiger partial charge in [-0.15, -0.1) is 0 Å². The van der Waals surface area contributed by atoms with Crippen molar-refractivity contribution >= 4 is 5.91 Å². The van der Waals surface area contributed by atoms with E-state index in [9.17, 15) is 4.79 Å². The van der Waals surface area contributed by atoms with Gasteiger partial charge in [-0.3, -0.25) is 4.79 Å². The van der Waals surface area contributed by atoms with Crippen molar-refractivity contribution in [2.24, 2.45) is 5.73 Å². The van der Waals surface area contributed by atoms with Crippen molar-refractivity contribution in [2.45, 2.75) is 45.4 Å². The number of primary amides is 1. The van der Waals surface area contributed by atoms with Crippen LogP contribution in [0.5, 0.6) is 11.5 Å². The van der Waals surface area contributed by atoms with Crippen LogP contribution in [0, 0.1) is 0 Å². The van der Waals surface area contributed by atoms with Gasteiger partial charge in [-0.1, -0.05) is 6.07 Å². The molecule has 1 amide bonds. The molecule has 0 saturated heterocycles. The van der Waals surface area contributed by atoms with Crippen LogP contribution in [0.4, 0.5) is 0 Å². The zero-order chi connectivity index (χ0) is 14.5. The Hall–Kier alpha value is -1.75. The van der Waals surface area contributed by atoms with Crippen LogP contribution >= 0.6 is 0 Å². The molecule has 1 atom stereocenters. The highest BCUT2D eigenvalue weighted by molar-refractivity contribution is 5.78. The highest BCUT2D eigenvalue weighted by atomic mass is 16.5. The molecule has 5 heteroatoms. The standard InChI is InChI=1S/C15H22N2O3/c1-3-19-14-8-11(9-17-12-5-6-12)4-7-13(14)20-10(2)15(16)18/h4,7-8,10,12,17H,3,5-6,9H2,1-2H3,(H2,16,18). The highest BCUT2D eigenvalue weighted by Gasteiger charge is 2.20. The summed E-state index contributed by atoms with van der Waals surface area (Å²) in [5, 5.41) is 3.45. The largest absolute Gasteiger partial charge is 0.490 e. The Morgan fingerprint density at radius 2 is 2.20 bits per heavy atom. The summed E-state index contributed by atoms with van der Waals surface area (Å²) in [5.41, 5.74) is 6.35. The third kappa shape index (κ3) is 4.13. The maximum Gasteiger partial charge on any atom is 0.258 e. The normalized spacial score (nSPS) is 15.7. The second-order valence-electron chi connectivity index (χ2n) is 5.03. The molecule has 1 aromatic rings. The predicted molar refractivity (Wildman–Crippen MR) is 76.8 cm³/mol. The van der Waals surface area contributed by atoms with Crippen LogP contribution in [0.25, 0.3) is 0 Å². The fourth-order valence-electron chi connectivity index (χ4n) is 1.83. The minimum atomic E-state index is -0.676. The van der Waals surface area contributed by atoms with Crippen molar-refractivity contribution < 1.29 is 14.3 Å². The number of carbonyl (C=O) groups is 1. The lowest BCUT2D eigenvalue weighted by Crippen LogP contribution is -2.30. The molecule has 1 fully saturated rings. The molecule has 1 unspecified atom stereocenters. The van der Waals surface area contributed by atoms with Crippen LogP contribution in [-0.2, 0) is 11.3 Å². The Balaban J connectivity index is 2.07. The van der Waals surface area contributed by atoms with Crippen LogP contribution in [0.3, 0.4) is 0 Å². The SMILES string of the molecule is CCOc1cc(CNC2CC2)ccc1OC(C)C(N)=O. The molecule has 1 aromatic carbocycles. The number of rotatable bonds is 8. The Kier molecular flexibility index (Phi) is 4.84. The molecule has 2 rings (SSSR count). The van der Waals surface area contributed by atoms with E-state index in [1.54, 1.807) is 6.92 Å². The van der Waals surface area contributed by atoms with Gasteiger partial charge in [-0.2, -0.15) is 0 Å². The number of hydrogen-bond acceptors (Lipinski definition) is 4. The Morgan fingerprint density at radius 3 is 2.80 bits per heavy atom. The fraction of sp³-hybridized carbons (Fsp3) is 0.533. The molecule has 3 N–H and O–H groups in total. The van der Waals surface area contributed by atoms with Crippen LogP contribution in [-0.4, -0.2) is 24.7 Å². The Labute approximate surface area is 119 Å². The lowest BCUT2D eigenvalue weighted by atomic mass is 10.2. The van der Waals surface area contributed by atoms with E-state index in [2.05, 4.69) is 5.32 Å². The molecule has 0 heterocycles. The van der Waals surface area contributed by atoms with Crippen LogP contribution < -0.4 is 20.5 Å². The first-order valence-electron chi connectivity index (χ1n) is 7.05. The van der Waals surface area contributed by atoms with Gasteiger partial charge >= 0.3 is 0 Å². The van der Waals surface area contributed by atoms with Crippen molar-refractivity contribution in [3.8, 4) is 11.5 Å². The molecule has 110 valence electrons. The summed E-state index contributed by atoms with van der Waals surface area (Å²) in [4.78, 5) is 11.1. The number of benzene rings is 1. The van der Waals surface area contributed by atoms with Crippen LogP contribution in [0.15, 0.2) is 18.2 Å². The van der Waals surface area contributed by atoms with Gasteiger partial charge in [0, 0.05) is 12.6 Å². The van der Waals surface area contributed by atoms with E-state index >= 15 is 0 Å². The molecular weight excluding hydrogens is 256 g/mol. The average molecular weight is 278 g/mol. The predicted octanol–water partition coefficient (Wildman–Crippen LogP) is 1.59. The minimum Gasteiger partial charge on any atom is -0.490 e. The molecule has 5 nitrogen and oxygen atoms in total. The third-order valence-corrected chi connectivity index (χ3v) is 3.18. The quantitative estimate of drug-likeness (QED) is 0.757. The van der Waals surface area contributed by atoms with Crippen LogP contribution in [0.2, 0.25) is 0 Å². The van der Waals surface area contributed by atoms with Gasteiger partial charge in [0.05, 0.1) is 6.61 Å². The summed E-state index contributed by atoms with van der Waals surface area (Å²) in [5.74, 6) is 0.705. The second-order valence-corrected chi connectivity index (χ2v) is 5.03. The number of ether oxygens (including phenoxy) is 2. The number of amides is 1. The van der Waals surface area contributed by atoms with E-state index in [-0.39, 0.29) is 0 Å².